The molecule has 0 spiro atoms. The van der Waals surface area contributed by atoms with Gasteiger partial charge in [0.25, 0.3) is 0 Å². The van der Waals surface area contributed by atoms with Crippen LogP contribution < -0.4 is 4.74 Å². The highest BCUT2D eigenvalue weighted by molar-refractivity contribution is 6.74. The highest BCUT2D eigenvalue weighted by atomic mass is 28.4. The third-order valence-corrected chi connectivity index (χ3v) is 11.3. The Bertz CT molecular complexity index is 904. The summed E-state index contributed by atoms with van der Waals surface area (Å²) >= 11 is 0. The number of nitrogens with zero attached hydrogens (tertiary/aromatic N) is 1. The molecule has 0 bridgehead atoms. The van der Waals surface area contributed by atoms with E-state index in [4.69, 9.17) is 18.6 Å². The molecule has 0 aliphatic carbocycles. The van der Waals surface area contributed by atoms with Crippen molar-refractivity contribution in [3.05, 3.63) is 29.3 Å². The van der Waals surface area contributed by atoms with Gasteiger partial charge in [0, 0.05) is 25.1 Å². The fraction of sp³-hybridized carbons (Fsp3) is 0.704. The molecular formula is C27H45NO7Si. The molecule has 1 N–H and O–H groups in total. The van der Waals surface area contributed by atoms with Gasteiger partial charge >= 0.3 is 12.1 Å². The van der Waals surface area contributed by atoms with Crippen LogP contribution in [-0.4, -0.2) is 69.0 Å². The van der Waals surface area contributed by atoms with Gasteiger partial charge in [-0.25, -0.2) is 9.59 Å². The van der Waals surface area contributed by atoms with Crippen molar-refractivity contribution in [1.29, 1.82) is 0 Å². The Kier molecular flexibility index (Phi) is 10.0. The molecule has 2 rings (SSSR count). The number of ether oxygens (including phenoxy) is 3. The molecule has 0 saturated carbocycles. The van der Waals surface area contributed by atoms with Gasteiger partial charge in [0.1, 0.15) is 11.4 Å². The number of amides is 1. The quantitative estimate of drug-likeness (QED) is 0.265. The number of esters is 1. The summed E-state index contributed by atoms with van der Waals surface area (Å²) in [5.41, 5.74) is 0.433. The van der Waals surface area contributed by atoms with E-state index < -0.39 is 38.1 Å². The van der Waals surface area contributed by atoms with Crippen molar-refractivity contribution in [3.8, 4) is 5.75 Å². The number of likely N-dealkylation sites (tertiary alicyclic amines) is 1. The van der Waals surface area contributed by atoms with Crippen molar-refractivity contribution < 1.29 is 33.3 Å². The Balaban J connectivity index is 2.26. The van der Waals surface area contributed by atoms with Crippen LogP contribution in [0.3, 0.4) is 0 Å². The Labute approximate surface area is 217 Å². The number of benzene rings is 1. The molecule has 1 saturated heterocycles. The third-order valence-electron chi connectivity index (χ3n) is 6.81. The van der Waals surface area contributed by atoms with E-state index in [9.17, 15) is 14.7 Å². The van der Waals surface area contributed by atoms with Gasteiger partial charge in [-0.2, -0.15) is 0 Å². The van der Waals surface area contributed by atoms with Crippen LogP contribution >= 0.6 is 0 Å². The smallest absolute Gasteiger partial charge is 0.410 e. The molecule has 36 heavy (non-hydrogen) atoms. The van der Waals surface area contributed by atoms with Gasteiger partial charge in [-0.1, -0.05) is 26.8 Å². The van der Waals surface area contributed by atoms with Crippen LogP contribution in [0.1, 0.15) is 82.8 Å². The van der Waals surface area contributed by atoms with Gasteiger partial charge in [-0.05, 0) is 63.9 Å². The van der Waals surface area contributed by atoms with Gasteiger partial charge in [0.05, 0.1) is 31.4 Å². The van der Waals surface area contributed by atoms with Crippen molar-refractivity contribution in [2.24, 2.45) is 0 Å². The highest BCUT2D eigenvalue weighted by Gasteiger charge is 2.37. The lowest BCUT2D eigenvalue weighted by Crippen LogP contribution is -2.45. The van der Waals surface area contributed by atoms with Crippen LogP contribution in [0.5, 0.6) is 5.75 Å². The van der Waals surface area contributed by atoms with Crippen LogP contribution in [-0.2, 0) is 13.9 Å². The molecule has 2 atom stereocenters. The van der Waals surface area contributed by atoms with Crippen molar-refractivity contribution >= 4 is 20.4 Å². The van der Waals surface area contributed by atoms with Crippen LogP contribution in [0, 0.1) is 0 Å². The fourth-order valence-electron chi connectivity index (χ4n) is 3.75. The molecule has 0 radical (unpaired) electrons. The molecule has 1 aliphatic rings. The summed E-state index contributed by atoms with van der Waals surface area (Å²) in [5, 5.41) is 10.6. The Morgan fingerprint density at radius 1 is 1.11 bits per heavy atom. The van der Waals surface area contributed by atoms with E-state index in [1.807, 2.05) is 20.8 Å². The number of methoxy groups -OCH3 is 1. The predicted octanol–water partition coefficient (Wildman–Crippen LogP) is 5.70. The standard InChI is InChI=1S/C27H45NO7Si/c1-26(2,3)35-25(31)28-14-13-20(29)18-22(28)21-12-11-19(24(30)32-7)17-23(21)33-15-10-16-34-36(8,9)27(4,5)6/h11-12,17,20,22,29H,10,13-16,18H2,1-9H3/t20-,22-/m0/s1. The van der Waals surface area contributed by atoms with Crippen LogP contribution in [0.4, 0.5) is 4.79 Å². The molecule has 1 fully saturated rings. The van der Waals surface area contributed by atoms with Gasteiger partial charge in [-0.15, -0.1) is 0 Å². The minimum absolute atomic E-state index is 0.128. The molecular weight excluding hydrogens is 478 g/mol. The first-order valence-electron chi connectivity index (χ1n) is 12.7. The van der Waals surface area contributed by atoms with Crippen molar-refractivity contribution in [3.63, 3.8) is 0 Å². The number of carbonyl (C=O) groups is 2. The molecule has 204 valence electrons. The SMILES string of the molecule is COC(=O)c1ccc([C@@H]2C[C@@H](O)CCN2C(=O)OC(C)(C)C)c(OCCCO[Si](C)(C)C(C)(C)C)c1. The lowest BCUT2D eigenvalue weighted by Gasteiger charge is -2.39. The number of aliphatic hydroxyl groups is 1. The van der Waals surface area contributed by atoms with E-state index in [1.54, 1.807) is 23.1 Å². The number of aliphatic hydroxyl groups excluding tert-OH is 1. The predicted molar refractivity (Wildman–Crippen MR) is 142 cm³/mol. The van der Waals surface area contributed by atoms with Crippen molar-refractivity contribution in [2.75, 3.05) is 26.9 Å². The topological polar surface area (TPSA) is 94.5 Å². The number of hydrogen-bond donors (Lipinski definition) is 1. The third kappa shape index (κ3) is 8.21. The largest absolute Gasteiger partial charge is 0.493 e. The normalized spacial score (nSPS) is 19.1. The maximum Gasteiger partial charge on any atom is 0.410 e. The van der Waals surface area contributed by atoms with Crippen LogP contribution in [0.25, 0.3) is 0 Å². The van der Waals surface area contributed by atoms with Crippen LogP contribution in [0.2, 0.25) is 18.1 Å². The second-order valence-corrected chi connectivity index (χ2v) is 16.7. The second-order valence-electron chi connectivity index (χ2n) is 11.9. The zero-order valence-corrected chi connectivity index (χ0v) is 24.5. The Morgan fingerprint density at radius 3 is 2.36 bits per heavy atom. The average Bonchev–Trinajstić information content (AvgIpc) is 2.76. The zero-order valence-electron chi connectivity index (χ0n) is 23.5. The Morgan fingerprint density at radius 2 is 1.78 bits per heavy atom. The lowest BCUT2D eigenvalue weighted by molar-refractivity contribution is -0.00886. The number of piperidine rings is 1. The molecule has 1 aliphatic heterocycles. The summed E-state index contributed by atoms with van der Waals surface area (Å²) in [4.78, 5) is 26.8. The first-order chi connectivity index (χ1) is 16.6. The van der Waals surface area contributed by atoms with E-state index >= 15 is 0 Å². The van der Waals surface area contributed by atoms with E-state index in [0.29, 0.717) is 50.3 Å². The van der Waals surface area contributed by atoms with Crippen molar-refractivity contribution in [1.82, 2.24) is 4.90 Å². The molecule has 1 aromatic carbocycles. The maximum absolute atomic E-state index is 13.0. The van der Waals surface area contributed by atoms with Crippen molar-refractivity contribution in [2.45, 2.75) is 96.7 Å². The summed E-state index contributed by atoms with van der Waals surface area (Å²) < 4.78 is 22.9. The van der Waals surface area contributed by atoms with Gasteiger partial charge in [0.15, 0.2) is 8.32 Å². The van der Waals surface area contributed by atoms with Crippen LogP contribution in [0.15, 0.2) is 18.2 Å². The number of carbonyl (C=O) groups excluding carboxylic acids is 2. The number of rotatable bonds is 8. The summed E-state index contributed by atoms with van der Waals surface area (Å²) in [7, 11) is -0.522. The summed E-state index contributed by atoms with van der Waals surface area (Å²) in [5.74, 6) is 0.0122. The first kappa shape index (κ1) is 30.1. The summed E-state index contributed by atoms with van der Waals surface area (Å²) in [6.45, 7) is 17.8. The molecule has 1 heterocycles. The molecule has 9 heteroatoms. The monoisotopic (exact) mass is 523 g/mol. The highest BCUT2D eigenvalue weighted by Crippen LogP contribution is 2.39. The minimum atomic E-state index is -1.85. The minimum Gasteiger partial charge on any atom is -0.493 e. The maximum atomic E-state index is 13.0. The summed E-state index contributed by atoms with van der Waals surface area (Å²) in [6.07, 6.45) is 0.501. The van der Waals surface area contributed by atoms with Gasteiger partial charge in [0.2, 0.25) is 0 Å². The molecule has 0 aromatic heterocycles. The number of hydrogen-bond acceptors (Lipinski definition) is 7. The molecule has 0 unspecified atom stereocenters. The Hall–Kier alpha value is -2.10. The first-order valence-corrected chi connectivity index (χ1v) is 15.6. The summed E-state index contributed by atoms with van der Waals surface area (Å²) in [6, 6.07) is 4.62. The second kappa shape index (κ2) is 12.0. The molecule has 8 nitrogen and oxygen atoms in total. The lowest BCUT2D eigenvalue weighted by atomic mass is 9.92. The fourth-order valence-corrected chi connectivity index (χ4v) is 4.83. The molecule has 1 aromatic rings. The van der Waals surface area contributed by atoms with Gasteiger partial charge < -0.3 is 28.6 Å². The van der Waals surface area contributed by atoms with E-state index in [1.165, 1.54) is 7.11 Å². The van der Waals surface area contributed by atoms with Gasteiger partial charge in [-0.3, -0.25) is 0 Å². The average molecular weight is 524 g/mol. The molecule has 1 amide bonds. The van der Waals surface area contributed by atoms with E-state index in [0.717, 1.165) is 5.56 Å². The van der Waals surface area contributed by atoms with E-state index in [2.05, 4.69) is 33.9 Å². The van der Waals surface area contributed by atoms with E-state index in [-0.39, 0.29) is 5.04 Å². The zero-order chi connectivity index (χ0) is 27.3.